The number of rotatable bonds is 4. The maximum absolute atomic E-state index is 11.9. The number of carbonyl (C=O) groups excluding carboxylic acids is 2. The van der Waals surface area contributed by atoms with Crippen LogP contribution >= 0.6 is 23.4 Å². The summed E-state index contributed by atoms with van der Waals surface area (Å²) in [6, 6.07) is 13.4. The lowest BCUT2D eigenvalue weighted by atomic mass is 10.1. The van der Waals surface area contributed by atoms with Gasteiger partial charge in [0.05, 0.1) is 9.93 Å². The van der Waals surface area contributed by atoms with Gasteiger partial charge in [-0.3, -0.25) is 9.59 Å². The fraction of sp³-hybridized carbons (Fsp3) is 0.150. The maximum Gasteiger partial charge on any atom is 0.286 e. The maximum atomic E-state index is 11.9. The second-order valence-corrected chi connectivity index (χ2v) is 7.42. The summed E-state index contributed by atoms with van der Waals surface area (Å²) < 4.78 is 5.77. The summed E-state index contributed by atoms with van der Waals surface area (Å²) in [6.07, 6.45) is 1.68. The molecule has 1 heterocycles. The average molecular weight is 401 g/mol. The number of hydrogen-bond acceptors (Lipinski definition) is 4. The Morgan fingerprint density at radius 3 is 2.67 bits per heavy atom. The lowest BCUT2D eigenvalue weighted by molar-refractivity contribution is -0.117. The first-order chi connectivity index (χ1) is 12.9. The van der Waals surface area contributed by atoms with Crippen LogP contribution in [-0.4, -0.2) is 17.0 Å². The molecule has 5 nitrogen and oxygen atoms in total. The molecule has 2 aromatic rings. The molecule has 0 bridgehead atoms. The number of carbonyl (C=O) groups is 2. The van der Waals surface area contributed by atoms with Crippen LogP contribution in [0.1, 0.15) is 23.6 Å². The van der Waals surface area contributed by atoms with Crippen LogP contribution in [0.25, 0.3) is 6.08 Å². The van der Waals surface area contributed by atoms with Crippen LogP contribution in [0.5, 0.6) is 5.75 Å². The predicted molar refractivity (Wildman–Crippen MR) is 109 cm³/mol. The molecular formula is C20H17ClN2O3S. The molecule has 27 heavy (non-hydrogen) atoms. The van der Waals surface area contributed by atoms with Gasteiger partial charge in [-0.15, -0.1) is 0 Å². The van der Waals surface area contributed by atoms with E-state index in [9.17, 15) is 9.59 Å². The molecule has 0 saturated carbocycles. The van der Waals surface area contributed by atoms with Gasteiger partial charge in [-0.1, -0.05) is 47.5 Å². The molecule has 1 aliphatic rings. The zero-order valence-electron chi connectivity index (χ0n) is 14.8. The highest BCUT2D eigenvalue weighted by Crippen LogP contribution is 2.31. The van der Waals surface area contributed by atoms with Crippen LogP contribution in [0.2, 0.25) is 5.02 Å². The van der Waals surface area contributed by atoms with Crippen molar-refractivity contribution in [2.75, 3.05) is 0 Å². The van der Waals surface area contributed by atoms with Crippen LogP contribution < -0.4 is 10.1 Å². The SMILES string of the molecule is CC(=O)NC1=NC(=O)/C(=C\c2ccc(OCc3ccc(C)cc3)c(Cl)c2)S1. The Labute approximate surface area is 166 Å². The Morgan fingerprint density at radius 2 is 2.00 bits per heavy atom. The van der Waals surface area contributed by atoms with Gasteiger partial charge in [0.25, 0.3) is 5.91 Å². The number of aliphatic imine (C=N–C) groups is 1. The van der Waals surface area contributed by atoms with Gasteiger partial charge in [0, 0.05) is 6.92 Å². The van der Waals surface area contributed by atoms with E-state index < -0.39 is 0 Å². The van der Waals surface area contributed by atoms with Crippen molar-refractivity contribution >= 4 is 46.4 Å². The molecule has 0 atom stereocenters. The minimum Gasteiger partial charge on any atom is -0.487 e. The number of nitrogens with one attached hydrogen (secondary N) is 1. The van der Waals surface area contributed by atoms with Crippen molar-refractivity contribution in [1.29, 1.82) is 0 Å². The lowest BCUT2D eigenvalue weighted by Crippen LogP contribution is -2.23. The first-order valence-electron chi connectivity index (χ1n) is 8.19. The zero-order valence-corrected chi connectivity index (χ0v) is 16.4. The quantitative estimate of drug-likeness (QED) is 0.775. The van der Waals surface area contributed by atoms with E-state index in [1.54, 1.807) is 18.2 Å². The largest absolute Gasteiger partial charge is 0.487 e. The molecule has 2 amide bonds. The standard InChI is InChI=1S/C20H17ClN2O3S/c1-12-3-5-14(6-4-12)11-26-17-8-7-15(9-16(17)21)10-18-19(25)23-20(27-18)22-13(2)24/h3-10H,11H2,1-2H3,(H,22,23,24,25)/b18-10+. The van der Waals surface area contributed by atoms with E-state index in [0.717, 1.165) is 22.9 Å². The Hall–Kier alpha value is -2.57. The molecule has 3 rings (SSSR count). The monoisotopic (exact) mass is 400 g/mol. The number of nitrogens with zero attached hydrogens (tertiary/aromatic N) is 1. The van der Waals surface area contributed by atoms with Gasteiger partial charge in [0.2, 0.25) is 5.91 Å². The second-order valence-electron chi connectivity index (χ2n) is 5.98. The first-order valence-corrected chi connectivity index (χ1v) is 9.38. The topological polar surface area (TPSA) is 67.8 Å². The third-order valence-electron chi connectivity index (χ3n) is 3.67. The van der Waals surface area contributed by atoms with E-state index in [-0.39, 0.29) is 17.0 Å². The summed E-state index contributed by atoms with van der Waals surface area (Å²) >= 11 is 7.42. The molecule has 0 unspecified atom stereocenters. The van der Waals surface area contributed by atoms with E-state index >= 15 is 0 Å². The molecule has 138 valence electrons. The molecule has 2 aromatic carbocycles. The summed E-state index contributed by atoms with van der Waals surface area (Å²) in [4.78, 5) is 27.2. The van der Waals surface area contributed by atoms with Crippen LogP contribution in [0.4, 0.5) is 0 Å². The highest BCUT2D eigenvalue weighted by atomic mass is 35.5. The summed E-state index contributed by atoms with van der Waals surface area (Å²) in [7, 11) is 0. The van der Waals surface area contributed by atoms with Crippen molar-refractivity contribution < 1.29 is 14.3 Å². The fourth-order valence-corrected chi connectivity index (χ4v) is 3.44. The van der Waals surface area contributed by atoms with Gasteiger partial charge in [-0.05, 0) is 48.0 Å². The summed E-state index contributed by atoms with van der Waals surface area (Å²) in [5.41, 5.74) is 3.00. The highest BCUT2D eigenvalue weighted by Gasteiger charge is 2.22. The molecule has 0 saturated heterocycles. The highest BCUT2D eigenvalue weighted by molar-refractivity contribution is 8.18. The number of benzene rings is 2. The smallest absolute Gasteiger partial charge is 0.286 e. The van der Waals surface area contributed by atoms with Crippen molar-refractivity contribution in [3.63, 3.8) is 0 Å². The summed E-state index contributed by atoms with van der Waals surface area (Å²) in [5, 5.41) is 3.24. The molecule has 7 heteroatoms. The third-order valence-corrected chi connectivity index (χ3v) is 4.87. The summed E-state index contributed by atoms with van der Waals surface area (Å²) in [5.74, 6) is -0.0898. The van der Waals surface area contributed by atoms with E-state index in [4.69, 9.17) is 16.3 Å². The number of thioether (sulfide) groups is 1. The number of aryl methyl sites for hydroxylation is 1. The van der Waals surface area contributed by atoms with E-state index in [1.807, 2.05) is 37.3 Å². The van der Waals surface area contributed by atoms with E-state index in [1.165, 1.54) is 12.5 Å². The molecule has 0 aromatic heterocycles. The van der Waals surface area contributed by atoms with Gasteiger partial charge >= 0.3 is 0 Å². The Morgan fingerprint density at radius 1 is 1.26 bits per heavy atom. The number of halogens is 1. The Balaban J connectivity index is 1.67. The fourth-order valence-electron chi connectivity index (χ4n) is 2.33. The number of ether oxygens (including phenoxy) is 1. The van der Waals surface area contributed by atoms with Crippen molar-refractivity contribution in [1.82, 2.24) is 5.32 Å². The second kappa shape index (κ2) is 8.41. The number of amides is 2. The van der Waals surface area contributed by atoms with E-state index in [2.05, 4.69) is 10.3 Å². The first kappa shape index (κ1) is 19.2. The number of amidine groups is 1. The number of hydrogen-bond donors (Lipinski definition) is 1. The minimum absolute atomic E-state index is 0.270. The molecule has 0 radical (unpaired) electrons. The molecule has 1 N–H and O–H groups in total. The molecule has 0 spiro atoms. The average Bonchev–Trinajstić information content (AvgIpc) is 2.94. The van der Waals surface area contributed by atoms with Crippen molar-refractivity contribution in [3.05, 3.63) is 69.1 Å². The van der Waals surface area contributed by atoms with Gasteiger partial charge in [0.15, 0.2) is 5.17 Å². The van der Waals surface area contributed by atoms with Crippen LogP contribution in [0.3, 0.4) is 0 Å². The zero-order chi connectivity index (χ0) is 19.4. The van der Waals surface area contributed by atoms with Crippen LogP contribution in [0.15, 0.2) is 52.4 Å². The molecule has 1 aliphatic heterocycles. The van der Waals surface area contributed by atoms with Crippen LogP contribution in [0, 0.1) is 6.92 Å². The van der Waals surface area contributed by atoms with Crippen molar-refractivity contribution in [2.45, 2.75) is 20.5 Å². The lowest BCUT2D eigenvalue weighted by Gasteiger charge is -2.09. The van der Waals surface area contributed by atoms with Gasteiger partial charge < -0.3 is 10.1 Å². The normalized spacial score (nSPS) is 15.0. The minimum atomic E-state index is -0.389. The van der Waals surface area contributed by atoms with Crippen molar-refractivity contribution in [3.8, 4) is 5.75 Å². The molecule has 0 fully saturated rings. The van der Waals surface area contributed by atoms with E-state index in [0.29, 0.717) is 22.3 Å². The Bertz CT molecular complexity index is 952. The van der Waals surface area contributed by atoms with Gasteiger partial charge in [0.1, 0.15) is 12.4 Å². The van der Waals surface area contributed by atoms with Gasteiger partial charge in [-0.2, -0.15) is 4.99 Å². The van der Waals surface area contributed by atoms with Crippen molar-refractivity contribution in [2.24, 2.45) is 4.99 Å². The third kappa shape index (κ3) is 5.21. The molecule has 0 aliphatic carbocycles. The van der Waals surface area contributed by atoms with Crippen LogP contribution in [-0.2, 0) is 16.2 Å². The predicted octanol–water partition coefficient (Wildman–Crippen LogP) is 4.33. The van der Waals surface area contributed by atoms with Gasteiger partial charge in [-0.25, -0.2) is 0 Å². The molecular weight excluding hydrogens is 384 g/mol. The summed E-state index contributed by atoms with van der Waals surface area (Å²) in [6.45, 7) is 3.82. The Kier molecular flexibility index (Phi) is 5.98.